The predicted octanol–water partition coefficient (Wildman–Crippen LogP) is 2.89. The van der Waals surface area contributed by atoms with Crippen LogP contribution in [0.5, 0.6) is 0 Å². The van der Waals surface area contributed by atoms with Gasteiger partial charge in [-0.05, 0) is 39.9 Å². The zero-order chi connectivity index (χ0) is 8.27. The Kier molecular flexibility index (Phi) is 3.27. The summed E-state index contributed by atoms with van der Waals surface area (Å²) in [6, 6.07) is 6.04. The molecule has 2 N–H and O–H groups in total. The largest absolute Gasteiger partial charge is 0.398 e. The minimum Gasteiger partial charge on any atom is -0.398 e. The number of nitrogens with two attached hydrogens (primary N) is 1. The minimum atomic E-state index is 0.801. The van der Waals surface area contributed by atoms with Crippen LogP contribution >= 0.6 is 27.7 Å². The van der Waals surface area contributed by atoms with Crippen LogP contribution in [0, 0.1) is 0 Å². The zero-order valence-electron chi connectivity index (χ0n) is 6.30. The van der Waals surface area contributed by atoms with E-state index in [0.29, 0.717) is 0 Å². The van der Waals surface area contributed by atoms with Gasteiger partial charge in [0.2, 0.25) is 0 Å². The Bertz CT molecular complexity index is 250. The molecule has 1 nitrogen and oxygen atoms in total. The number of rotatable bonds is 2. The van der Waals surface area contributed by atoms with E-state index in [0.717, 1.165) is 15.9 Å². The molecule has 11 heavy (non-hydrogen) atoms. The van der Waals surface area contributed by atoms with Crippen LogP contribution < -0.4 is 5.73 Å². The second kappa shape index (κ2) is 4.02. The highest BCUT2D eigenvalue weighted by molar-refractivity contribution is 9.10. The molecule has 0 aliphatic carbocycles. The van der Waals surface area contributed by atoms with Gasteiger partial charge in [-0.2, -0.15) is 11.8 Å². The first-order chi connectivity index (χ1) is 5.24. The number of thioether (sulfide) groups is 1. The van der Waals surface area contributed by atoms with Crippen molar-refractivity contribution >= 4 is 33.4 Å². The lowest BCUT2D eigenvalue weighted by Gasteiger charge is -2.01. The average molecular weight is 232 g/mol. The van der Waals surface area contributed by atoms with Crippen molar-refractivity contribution in [2.75, 3.05) is 12.0 Å². The summed E-state index contributed by atoms with van der Waals surface area (Å²) < 4.78 is 0.990. The Balaban J connectivity index is 2.86. The van der Waals surface area contributed by atoms with E-state index in [1.54, 1.807) is 0 Å². The van der Waals surface area contributed by atoms with Crippen LogP contribution in [-0.4, -0.2) is 6.26 Å². The van der Waals surface area contributed by atoms with Crippen molar-refractivity contribution < 1.29 is 0 Å². The van der Waals surface area contributed by atoms with Gasteiger partial charge in [0.05, 0.1) is 0 Å². The third-order valence-corrected chi connectivity index (χ3v) is 2.68. The number of hydrogen-bond acceptors (Lipinski definition) is 2. The molecule has 1 aromatic carbocycles. The van der Waals surface area contributed by atoms with Crippen LogP contribution in [0.15, 0.2) is 22.7 Å². The van der Waals surface area contributed by atoms with Crippen LogP contribution in [0.1, 0.15) is 5.56 Å². The maximum absolute atomic E-state index is 5.63. The van der Waals surface area contributed by atoms with Gasteiger partial charge in [-0.1, -0.05) is 6.07 Å². The molecular weight excluding hydrogens is 222 g/mol. The molecule has 0 atom stereocenters. The lowest BCUT2D eigenvalue weighted by molar-refractivity contribution is 1.40. The van der Waals surface area contributed by atoms with E-state index < -0.39 is 0 Å². The smallest absolute Gasteiger partial charge is 0.0458 e. The van der Waals surface area contributed by atoms with E-state index in [-0.39, 0.29) is 0 Å². The van der Waals surface area contributed by atoms with Crippen molar-refractivity contribution in [2.24, 2.45) is 0 Å². The van der Waals surface area contributed by atoms with E-state index in [1.165, 1.54) is 5.56 Å². The Labute approximate surface area is 79.5 Å². The van der Waals surface area contributed by atoms with E-state index >= 15 is 0 Å². The molecule has 1 aromatic rings. The molecule has 0 amide bonds. The van der Waals surface area contributed by atoms with E-state index in [2.05, 4.69) is 34.3 Å². The van der Waals surface area contributed by atoms with Crippen molar-refractivity contribution in [2.45, 2.75) is 5.75 Å². The second-order valence-electron chi connectivity index (χ2n) is 2.29. The molecule has 0 heterocycles. The summed E-state index contributed by atoms with van der Waals surface area (Å²) in [5.74, 6) is 1.04. The Morgan fingerprint density at radius 2 is 2.27 bits per heavy atom. The summed E-state index contributed by atoms with van der Waals surface area (Å²) in [6.45, 7) is 0. The van der Waals surface area contributed by atoms with E-state index in [9.17, 15) is 0 Å². The highest BCUT2D eigenvalue weighted by Crippen LogP contribution is 2.22. The molecule has 0 spiro atoms. The maximum Gasteiger partial charge on any atom is 0.0458 e. The zero-order valence-corrected chi connectivity index (χ0v) is 8.71. The van der Waals surface area contributed by atoms with E-state index in [1.807, 2.05) is 17.8 Å². The normalized spacial score (nSPS) is 10.0. The first kappa shape index (κ1) is 8.94. The molecule has 3 heteroatoms. The van der Waals surface area contributed by atoms with Crippen molar-refractivity contribution in [3.05, 3.63) is 28.2 Å². The van der Waals surface area contributed by atoms with Gasteiger partial charge in [0, 0.05) is 15.9 Å². The van der Waals surface area contributed by atoms with E-state index in [4.69, 9.17) is 5.73 Å². The molecule has 0 aliphatic heterocycles. The van der Waals surface area contributed by atoms with Crippen molar-refractivity contribution in [3.8, 4) is 0 Å². The summed E-state index contributed by atoms with van der Waals surface area (Å²) in [4.78, 5) is 0. The number of benzene rings is 1. The number of anilines is 1. The van der Waals surface area contributed by atoms with Crippen LogP contribution in [0.4, 0.5) is 5.69 Å². The number of halogens is 1. The van der Waals surface area contributed by atoms with Crippen molar-refractivity contribution in [1.29, 1.82) is 0 Å². The van der Waals surface area contributed by atoms with Gasteiger partial charge >= 0.3 is 0 Å². The fraction of sp³-hybridized carbons (Fsp3) is 0.250. The second-order valence-corrected chi connectivity index (χ2v) is 4.01. The van der Waals surface area contributed by atoms with Crippen LogP contribution in [0.25, 0.3) is 0 Å². The molecule has 0 unspecified atom stereocenters. The van der Waals surface area contributed by atoms with Gasteiger partial charge < -0.3 is 5.73 Å². The molecular formula is C8H10BrNS. The molecule has 0 fully saturated rings. The molecule has 0 radical (unpaired) electrons. The average Bonchev–Trinajstić information content (AvgIpc) is 1.98. The quantitative estimate of drug-likeness (QED) is 0.793. The fourth-order valence-corrected chi connectivity index (χ4v) is 1.77. The van der Waals surface area contributed by atoms with Crippen LogP contribution in [0.2, 0.25) is 0 Å². The topological polar surface area (TPSA) is 26.0 Å². The Hall–Kier alpha value is -0.150. The fourth-order valence-electron chi connectivity index (χ4n) is 0.827. The third kappa shape index (κ3) is 2.42. The Morgan fingerprint density at radius 3 is 2.82 bits per heavy atom. The molecule has 60 valence electrons. The molecule has 0 saturated carbocycles. The minimum absolute atomic E-state index is 0.801. The molecule has 0 aliphatic rings. The SMILES string of the molecule is CSCc1ccc(N)c(Br)c1. The molecule has 1 rings (SSSR count). The van der Waals surface area contributed by atoms with Crippen LogP contribution in [0.3, 0.4) is 0 Å². The highest BCUT2D eigenvalue weighted by Gasteiger charge is 1.96. The number of hydrogen-bond donors (Lipinski definition) is 1. The van der Waals surface area contributed by atoms with Gasteiger partial charge in [0.15, 0.2) is 0 Å². The standard InChI is InChI=1S/C8H10BrNS/c1-11-5-6-2-3-8(10)7(9)4-6/h2-4H,5,10H2,1H3. The lowest BCUT2D eigenvalue weighted by Crippen LogP contribution is -1.87. The van der Waals surface area contributed by atoms with Gasteiger partial charge in [0.25, 0.3) is 0 Å². The summed E-state index contributed by atoms with van der Waals surface area (Å²) in [5, 5.41) is 0. The predicted molar refractivity (Wildman–Crippen MR) is 55.8 cm³/mol. The monoisotopic (exact) mass is 231 g/mol. The summed E-state index contributed by atoms with van der Waals surface area (Å²) in [6.07, 6.45) is 2.09. The Morgan fingerprint density at radius 1 is 1.55 bits per heavy atom. The summed E-state index contributed by atoms with van der Waals surface area (Å²) in [7, 11) is 0. The molecule has 0 aromatic heterocycles. The molecule has 0 bridgehead atoms. The van der Waals surface area contributed by atoms with Gasteiger partial charge in [0.1, 0.15) is 0 Å². The summed E-state index contributed by atoms with van der Waals surface area (Å²) >= 11 is 5.19. The maximum atomic E-state index is 5.63. The summed E-state index contributed by atoms with van der Waals surface area (Å²) in [5.41, 5.74) is 7.74. The lowest BCUT2D eigenvalue weighted by atomic mass is 10.2. The van der Waals surface area contributed by atoms with Gasteiger partial charge in [-0.15, -0.1) is 0 Å². The first-order valence-corrected chi connectivity index (χ1v) is 5.45. The van der Waals surface area contributed by atoms with Gasteiger partial charge in [-0.3, -0.25) is 0 Å². The number of nitrogen functional groups attached to an aromatic ring is 1. The van der Waals surface area contributed by atoms with Crippen LogP contribution in [-0.2, 0) is 5.75 Å². The highest BCUT2D eigenvalue weighted by atomic mass is 79.9. The van der Waals surface area contributed by atoms with Gasteiger partial charge in [-0.25, -0.2) is 0 Å². The first-order valence-electron chi connectivity index (χ1n) is 3.27. The molecule has 0 saturated heterocycles. The van der Waals surface area contributed by atoms with Crippen molar-refractivity contribution in [3.63, 3.8) is 0 Å². The third-order valence-electron chi connectivity index (χ3n) is 1.38. The van der Waals surface area contributed by atoms with Crippen molar-refractivity contribution in [1.82, 2.24) is 0 Å².